The van der Waals surface area contributed by atoms with E-state index in [2.05, 4.69) is 4.98 Å². The third-order valence-electron chi connectivity index (χ3n) is 5.76. The van der Waals surface area contributed by atoms with Crippen molar-refractivity contribution in [2.45, 2.75) is 45.9 Å². The highest BCUT2D eigenvalue weighted by atomic mass is 16.7. The van der Waals surface area contributed by atoms with Crippen molar-refractivity contribution in [1.82, 2.24) is 9.55 Å². The molecule has 166 valence electrons. The van der Waals surface area contributed by atoms with Gasteiger partial charge < -0.3 is 14.7 Å². The Morgan fingerprint density at radius 3 is 2.34 bits per heavy atom. The minimum atomic E-state index is -1.37. The second-order valence-electron chi connectivity index (χ2n) is 8.38. The molecule has 8 nitrogen and oxygen atoms in total. The number of carbonyl (C=O) groups is 2. The number of imidazole rings is 1. The zero-order valence-electron chi connectivity index (χ0n) is 18.4. The summed E-state index contributed by atoms with van der Waals surface area (Å²) < 4.78 is 13.4. The molecule has 0 saturated carbocycles. The van der Waals surface area contributed by atoms with Crippen molar-refractivity contribution in [3.63, 3.8) is 0 Å². The average molecular weight is 435 g/mol. The summed E-state index contributed by atoms with van der Waals surface area (Å²) in [5.74, 6) is -4.85. The van der Waals surface area contributed by atoms with Crippen molar-refractivity contribution >= 4 is 11.9 Å². The molecule has 1 aliphatic heterocycles. The third kappa shape index (κ3) is 3.84. The number of carbonyl (C=O) groups excluding carboxylic acids is 2. The van der Waals surface area contributed by atoms with Gasteiger partial charge in [0.25, 0.3) is 11.6 Å². The topological polar surface area (TPSA) is 97.4 Å². The second kappa shape index (κ2) is 8.11. The van der Waals surface area contributed by atoms with Gasteiger partial charge in [-0.2, -0.15) is 0 Å². The highest BCUT2D eigenvalue weighted by Gasteiger charge is 2.52. The number of cyclic esters (lactones) is 2. The molecule has 2 aromatic heterocycles. The van der Waals surface area contributed by atoms with Gasteiger partial charge in [-0.1, -0.05) is 36.4 Å². The summed E-state index contributed by atoms with van der Waals surface area (Å²) in [6.45, 7) is 6.96. The van der Waals surface area contributed by atoms with Gasteiger partial charge in [-0.3, -0.25) is 14.6 Å². The van der Waals surface area contributed by atoms with Crippen molar-refractivity contribution in [3.8, 4) is 0 Å². The molecule has 1 aliphatic rings. The highest BCUT2D eigenvalue weighted by Crippen LogP contribution is 2.37. The summed E-state index contributed by atoms with van der Waals surface area (Å²) in [4.78, 5) is 30.2. The summed E-state index contributed by atoms with van der Waals surface area (Å²) in [6, 6.07) is 13.1. The number of ether oxygens (including phenoxy) is 2. The SMILES string of the molecule is Cc1c(C)[n+]([O-])c(C(c2cccnc2)C2C(=O)OC(C)(C)OC2=O)n1Cc1ccccc1. The van der Waals surface area contributed by atoms with Crippen LogP contribution in [-0.2, 0) is 25.6 Å². The van der Waals surface area contributed by atoms with Gasteiger partial charge in [-0.15, -0.1) is 0 Å². The Balaban J connectivity index is 1.91. The normalized spacial score (nSPS) is 17.0. The highest BCUT2D eigenvalue weighted by molar-refractivity contribution is 5.98. The van der Waals surface area contributed by atoms with Crippen molar-refractivity contribution < 1.29 is 23.8 Å². The van der Waals surface area contributed by atoms with Gasteiger partial charge in [-0.05, 0) is 17.2 Å². The molecule has 1 atom stereocenters. The van der Waals surface area contributed by atoms with Crippen LogP contribution < -0.4 is 4.73 Å². The number of hydrogen-bond acceptors (Lipinski definition) is 6. The van der Waals surface area contributed by atoms with E-state index in [0.717, 1.165) is 16.0 Å². The molecule has 3 heterocycles. The van der Waals surface area contributed by atoms with Crippen LogP contribution in [0.15, 0.2) is 54.9 Å². The van der Waals surface area contributed by atoms with Crippen LogP contribution >= 0.6 is 0 Å². The molecule has 32 heavy (non-hydrogen) atoms. The predicted molar refractivity (Wildman–Crippen MR) is 114 cm³/mol. The minimum Gasteiger partial charge on any atom is -0.711 e. The number of nitrogens with zero attached hydrogens (tertiary/aromatic N) is 3. The van der Waals surface area contributed by atoms with E-state index >= 15 is 0 Å². The Morgan fingerprint density at radius 1 is 1.09 bits per heavy atom. The monoisotopic (exact) mass is 435 g/mol. The quantitative estimate of drug-likeness (QED) is 0.265. The van der Waals surface area contributed by atoms with Crippen LogP contribution in [0.5, 0.6) is 0 Å². The van der Waals surface area contributed by atoms with Crippen LogP contribution in [0.4, 0.5) is 0 Å². The zero-order valence-corrected chi connectivity index (χ0v) is 18.4. The number of hydrogen-bond donors (Lipinski definition) is 0. The van der Waals surface area contributed by atoms with Gasteiger partial charge >= 0.3 is 11.9 Å². The largest absolute Gasteiger partial charge is 0.711 e. The fourth-order valence-corrected chi connectivity index (χ4v) is 4.11. The van der Waals surface area contributed by atoms with E-state index in [-0.39, 0.29) is 5.82 Å². The first-order valence-electron chi connectivity index (χ1n) is 10.4. The Hall–Kier alpha value is -3.68. The van der Waals surface area contributed by atoms with Crippen LogP contribution in [0.1, 0.15) is 48.1 Å². The molecule has 0 N–H and O–H groups in total. The molecule has 3 aromatic rings. The van der Waals surface area contributed by atoms with Gasteiger partial charge in [0.1, 0.15) is 23.9 Å². The standard InChI is InChI=1S/C24H25N3O5/c1-15-16(2)27(30)21(26(15)14-17-9-6-5-7-10-17)19(18-11-8-12-25-13-18)20-22(28)31-24(3,4)32-23(20)29/h5-13,19-20H,14H2,1-4H3. The van der Waals surface area contributed by atoms with Gasteiger partial charge in [0, 0.05) is 40.1 Å². The fraction of sp³-hybridized carbons (Fsp3) is 0.333. The van der Waals surface area contributed by atoms with Gasteiger partial charge in [-0.25, -0.2) is 9.30 Å². The van der Waals surface area contributed by atoms with E-state index in [0.29, 0.717) is 17.8 Å². The number of esters is 2. The molecule has 8 heteroatoms. The second-order valence-corrected chi connectivity index (χ2v) is 8.38. The molecular weight excluding hydrogens is 410 g/mol. The van der Waals surface area contributed by atoms with Crippen LogP contribution in [0.25, 0.3) is 0 Å². The van der Waals surface area contributed by atoms with E-state index in [1.165, 1.54) is 13.8 Å². The Bertz CT molecular complexity index is 1140. The Morgan fingerprint density at radius 2 is 1.75 bits per heavy atom. The molecule has 1 fully saturated rings. The van der Waals surface area contributed by atoms with Crippen molar-refractivity contribution in [3.05, 3.63) is 88.4 Å². The first-order valence-corrected chi connectivity index (χ1v) is 10.4. The van der Waals surface area contributed by atoms with Crippen molar-refractivity contribution in [2.24, 2.45) is 5.92 Å². The lowest BCUT2D eigenvalue weighted by Gasteiger charge is -2.35. The molecule has 0 aliphatic carbocycles. The van der Waals surface area contributed by atoms with E-state index in [1.807, 2.05) is 41.8 Å². The molecule has 0 amide bonds. The van der Waals surface area contributed by atoms with Crippen molar-refractivity contribution in [1.29, 1.82) is 0 Å². The van der Waals surface area contributed by atoms with Crippen molar-refractivity contribution in [2.75, 3.05) is 0 Å². The molecule has 4 rings (SSSR count). The molecule has 1 unspecified atom stereocenters. The van der Waals surface area contributed by atoms with Gasteiger partial charge in [0.2, 0.25) is 0 Å². The molecule has 1 saturated heterocycles. The zero-order chi connectivity index (χ0) is 23.0. The molecule has 0 radical (unpaired) electrons. The maximum atomic E-state index is 13.4. The maximum Gasteiger partial charge on any atom is 0.324 e. The summed E-state index contributed by atoms with van der Waals surface area (Å²) in [5.41, 5.74) is 2.75. The third-order valence-corrected chi connectivity index (χ3v) is 5.76. The number of rotatable bonds is 5. The average Bonchev–Trinajstić information content (AvgIpc) is 2.95. The van der Waals surface area contributed by atoms with E-state index < -0.39 is 29.6 Å². The molecule has 1 aromatic carbocycles. The van der Waals surface area contributed by atoms with Crippen LogP contribution in [0.2, 0.25) is 0 Å². The minimum absolute atomic E-state index is 0.260. The van der Waals surface area contributed by atoms with E-state index in [1.54, 1.807) is 31.5 Å². The van der Waals surface area contributed by atoms with E-state index in [9.17, 15) is 14.8 Å². The lowest BCUT2D eigenvalue weighted by molar-refractivity contribution is -0.621. The summed E-state index contributed by atoms with van der Waals surface area (Å²) in [7, 11) is 0. The lowest BCUT2D eigenvalue weighted by atomic mass is 9.85. The molecule has 0 spiro atoms. The summed E-state index contributed by atoms with van der Waals surface area (Å²) >= 11 is 0. The first kappa shape index (κ1) is 21.5. The summed E-state index contributed by atoms with van der Waals surface area (Å²) in [6.07, 6.45) is 3.14. The van der Waals surface area contributed by atoms with Crippen LogP contribution in [0, 0.1) is 25.0 Å². The predicted octanol–water partition coefficient (Wildman–Crippen LogP) is 2.77. The number of pyridine rings is 1. The van der Waals surface area contributed by atoms with Gasteiger partial charge in [0.15, 0.2) is 5.92 Å². The summed E-state index contributed by atoms with van der Waals surface area (Å²) in [5, 5.41) is 13.4. The van der Waals surface area contributed by atoms with Gasteiger partial charge in [0.05, 0.1) is 0 Å². The smallest absolute Gasteiger partial charge is 0.324 e. The first-order chi connectivity index (χ1) is 15.2. The molecule has 0 bridgehead atoms. The number of benzene rings is 1. The number of aromatic nitrogens is 3. The van der Waals surface area contributed by atoms with Crippen LogP contribution in [0.3, 0.4) is 0 Å². The lowest BCUT2D eigenvalue weighted by Crippen LogP contribution is -2.50. The molecular formula is C24H25N3O5. The fourth-order valence-electron chi connectivity index (χ4n) is 4.11. The Kier molecular flexibility index (Phi) is 5.46. The van der Waals surface area contributed by atoms with E-state index in [4.69, 9.17) is 9.47 Å². The maximum absolute atomic E-state index is 13.4. The Labute approximate surface area is 186 Å². The van der Waals surface area contributed by atoms with Crippen LogP contribution in [-0.4, -0.2) is 27.3 Å².